The van der Waals surface area contributed by atoms with Gasteiger partial charge in [-0.1, -0.05) is 18.2 Å². The van der Waals surface area contributed by atoms with Gasteiger partial charge in [0.05, 0.1) is 12.5 Å². The van der Waals surface area contributed by atoms with Crippen LogP contribution in [0, 0.1) is 0 Å². The van der Waals surface area contributed by atoms with Crippen LogP contribution in [0.15, 0.2) is 30.5 Å². The molecule has 4 unspecified atom stereocenters. The predicted molar refractivity (Wildman–Crippen MR) is 128 cm³/mol. The number of hydrogen-bond acceptors (Lipinski definition) is 7. The maximum Gasteiger partial charge on any atom is 0.326 e. The van der Waals surface area contributed by atoms with Gasteiger partial charge < -0.3 is 42.0 Å². The van der Waals surface area contributed by atoms with E-state index in [1.807, 2.05) is 6.07 Å². The van der Waals surface area contributed by atoms with Crippen molar-refractivity contribution >= 4 is 46.5 Å². The van der Waals surface area contributed by atoms with E-state index in [2.05, 4.69) is 20.9 Å². The van der Waals surface area contributed by atoms with E-state index in [0.29, 0.717) is 5.56 Å². The van der Waals surface area contributed by atoms with Gasteiger partial charge >= 0.3 is 17.9 Å². The quantitative estimate of drug-likeness (QED) is 0.150. The standard InChI is InChI=1S/C23H29N5O9/c1-11(20(33)27-16(23(36)37)6-7-18(29)30)26-22(35)17(28-21(34)14(24)9-19(31)32)8-12-10-25-15-5-3-2-4-13(12)15/h2-5,10-11,14,16-17,25H,6-9,24H2,1H3,(H,26,35)(H,27,33)(H,28,34)(H,29,30)(H,31,32)(H,36,37). The number of aromatic nitrogens is 1. The van der Waals surface area contributed by atoms with Gasteiger partial charge in [-0.3, -0.25) is 24.0 Å². The summed E-state index contributed by atoms with van der Waals surface area (Å²) in [5, 5.41) is 34.6. The first kappa shape index (κ1) is 28.8. The lowest BCUT2D eigenvalue weighted by molar-refractivity contribution is -0.143. The Balaban J connectivity index is 2.17. The van der Waals surface area contributed by atoms with Crippen LogP contribution in [0.5, 0.6) is 0 Å². The highest BCUT2D eigenvalue weighted by molar-refractivity contribution is 5.95. The number of benzene rings is 1. The topological polar surface area (TPSA) is 241 Å². The molecule has 0 radical (unpaired) electrons. The number of rotatable bonds is 14. The Hall–Kier alpha value is -4.46. The molecular weight excluding hydrogens is 490 g/mol. The molecule has 4 atom stereocenters. The van der Waals surface area contributed by atoms with Crippen molar-refractivity contribution in [1.82, 2.24) is 20.9 Å². The fourth-order valence-electron chi connectivity index (χ4n) is 3.49. The zero-order valence-electron chi connectivity index (χ0n) is 19.9. The fourth-order valence-corrected chi connectivity index (χ4v) is 3.49. The number of fused-ring (bicyclic) bond motifs is 1. The molecule has 0 aliphatic heterocycles. The number of nitrogens with one attached hydrogen (secondary N) is 4. The third-order valence-electron chi connectivity index (χ3n) is 5.48. The van der Waals surface area contributed by atoms with Gasteiger partial charge in [-0.05, 0) is 25.0 Å². The van der Waals surface area contributed by atoms with Gasteiger partial charge in [-0.25, -0.2) is 4.79 Å². The molecule has 0 spiro atoms. The molecule has 1 aromatic heterocycles. The number of hydrogen-bond donors (Lipinski definition) is 8. The first-order chi connectivity index (χ1) is 17.4. The Labute approximate surface area is 210 Å². The van der Waals surface area contributed by atoms with Crippen LogP contribution in [-0.4, -0.2) is 80.1 Å². The SMILES string of the molecule is CC(NC(=O)C(Cc1c[nH]c2ccccc12)NC(=O)C(N)CC(=O)O)C(=O)NC(CCC(=O)O)C(=O)O. The molecule has 0 aliphatic rings. The maximum atomic E-state index is 13.1. The molecule has 1 aromatic carbocycles. The number of carbonyl (C=O) groups excluding carboxylic acids is 3. The Morgan fingerprint density at radius 2 is 1.54 bits per heavy atom. The van der Waals surface area contributed by atoms with Gasteiger partial charge in [0.25, 0.3) is 0 Å². The van der Waals surface area contributed by atoms with E-state index >= 15 is 0 Å². The molecule has 9 N–H and O–H groups in total. The van der Waals surface area contributed by atoms with E-state index in [4.69, 9.17) is 15.9 Å². The fraction of sp³-hybridized carbons (Fsp3) is 0.391. The molecule has 37 heavy (non-hydrogen) atoms. The van der Waals surface area contributed by atoms with E-state index in [1.54, 1.807) is 24.4 Å². The zero-order chi connectivity index (χ0) is 27.7. The molecule has 2 rings (SSSR count). The number of carboxylic acids is 3. The lowest BCUT2D eigenvalue weighted by atomic mass is 10.0. The smallest absolute Gasteiger partial charge is 0.326 e. The second-order valence-electron chi connectivity index (χ2n) is 8.39. The number of aromatic amines is 1. The molecule has 14 nitrogen and oxygen atoms in total. The first-order valence-electron chi connectivity index (χ1n) is 11.3. The van der Waals surface area contributed by atoms with Gasteiger partial charge in [0, 0.05) is 29.9 Å². The highest BCUT2D eigenvalue weighted by Gasteiger charge is 2.29. The average molecular weight is 520 g/mol. The van der Waals surface area contributed by atoms with Gasteiger partial charge in [-0.15, -0.1) is 0 Å². The summed E-state index contributed by atoms with van der Waals surface area (Å²) in [6.45, 7) is 1.28. The van der Waals surface area contributed by atoms with Crippen molar-refractivity contribution in [1.29, 1.82) is 0 Å². The number of carboxylic acid groups (broad SMARTS) is 3. The van der Waals surface area contributed by atoms with Crippen molar-refractivity contribution in [3.8, 4) is 0 Å². The second kappa shape index (κ2) is 13.0. The second-order valence-corrected chi connectivity index (χ2v) is 8.39. The Morgan fingerprint density at radius 1 is 0.892 bits per heavy atom. The summed E-state index contributed by atoms with van der Waals surface area (Å²) in [4.78, 5) is 74.1. The van der Waals surface area contributed by atoms with Gasteiger partial charge in [0.15, 0.2) is 0 Å². The zero-order valence-corrected chi connectivity index (χ0v) is 19.9. The summed E-state index contributed by atoms with van der Waals surface area (Å²) in [6, 6.07) is 1.77. The maximum absolute atomic E-state index is 13.1. The van der Waals surface area contributed by atoms with Crippen LogP contribution in [0.3, 0.4) is 0 Å². The van der Waals surface area contributed by atoms with Crippen LogP contribution in [0.2, 0.25) is 0 Å². The van der Waals surface area contributed by atoms with Crippen LogP contribution >= 0.6 is 0 Å². The van der Waals surface area contributed by atoms with E-state index in [0.717, 1.165) is 10.9 Å². The molecule has 0 fully saturated rings. The predicted octanol–water partition coefficient (Wildman–Crippen LogP) is -1.06. The number of para-hydroxylation sites is 1. The third kappa shape index (κ3) is 8.61. The summed E-state index contributed by atoms with van der Waals surface area (Å²) < 4.78 is 0. The van der Waals surface area contributed by atoms with E-state index in [9.17, 15) is 33.9 Å². The highest BCUT2D eigenvalue weighted by atomic mass is 16.4. The largest absolute Gasteiger partial charge is 0.481 e. The Morgan fingerprint density at radius 3 is 2.16 bits per heavy atom. The van der Waals surface area contributed by atoms with E-state index in [-0.39, 0.29) is 12.8 Å². The Bertz CT molecular complexity index is 1180. The summed E-state index contributed by atoms with van der Waals surface area (Å²) in [5.41, 5.74) is 7.05. The summed E-state index contributed by atoms with van der Waals surface area (Å²) >= 11 is 0. The number of nitrogens with two attached hydrogens (primary N) is 1. The van der Waals surface area contributed by atoms with Crippen molar-refractivity contribution < 1.29 is 44.1 Å². The molecule has 0 saturated heterocycles. The van der Waals surface area contributed by atoms with Crippen LogP contribution in [0.4, 0.5) is 0 Å². The lowest BCUT2D eigenvalue weighted by Gasteiger charge is -2.23. The monoisotopic (exact) mass is 519 g/mol. The van der Waals surface area contributed by atoms with Crippen LogP contribution in [0.25, 0.3) is 10.9 Å². The van der Waals surface area contributed by atoms with Crippen molar-refractivity contribution in [2.75, 3.05) is 0 Å². The van der Waals surface area contributed by atoms with Crippen LogP contribution in [-0.2, 0) is 35.2 Å². The minimum Gasteiger partial charge on any atom is -0.481 e. The molecule has 0 saturated carbocycles. The van der Waals surface area contributed by atoms with E-state index < -0.39 is 72.6 Å². The number of carbonyl (C=O) groups is 6. The van der Waals surface area contributed by atoms with Gasteiger partial charge in [0.1, 0.15) is 18.1 Å². The van der Waals surface area contributed by atoms with Crippen molar-refractivity contribution in [3.63, 3.8) is 0 Å². The minimum absolute atomic E-state index is 0.0356. The van der Waals surface area contributed by atoms with Gasteiger partial charge in [0.2, 0.25) is 17.7 Å². The normalized spacial score (nSPS) is 14.1. The van der Waals surface area contributed by atoms with Gasteiger partial charge in [-0.2, -0.15) is 0 Å². The molecule has 200 valence electrons. The molecule has 1 heterocycles. The van der Waals surface area contributed by atoms with Crippen LogP contribution < -0.4 is 21.7 Å². The van der Waals surface area contributed by atoms with Crippen LogP contribution in [0.1, 0.15) is 31.7 Å². The number of aliphatic carboxylic acids is 3. The first-order valence-corrected chi connectivity index (χ1v) is 11.3. The molecule has 0 bridgehead atoms. The molecule has 0 aliphatic carbocycles. The lowest BCUT2D eigenvalue weighted by Crippen LogP contribution is -2.57. The molecular formula is C23H29N5O9. The molecule has 2 aromatic rings. The third-order valence-corrected chi connectivity index (χ3v) is 5.48. The summed E-state index contributed by atoms with van der Waals surface area (Å²) in [7, 11) is 0. The van der Waals surface area contributed by atoms with Crippen molar-refractivity contribution in [2.24, 2.45) is 5.73 Å². The molecule has 14 heteroatoms. The Kier molecular flexibility index (Phi) is 10.1. The van der Waals surface area contributed by atoms with Crippen molar-refractivity contribution in [3.05, 3.63) is 36.0 Å². The number of H-pyrrole nitrogens is 1. The molecule has 3 amide bonds. The highest BCUT2D eigenvalue weighted by Crippen LogP contribution is 2.19. The number of amides is 3. The summed E-state index contributed by atoms with van der Waals surface area (Å²) in [5.74, 6) is -6.56. The minimum atomic E-state index is -1.49. The average Bonchev–Trinajstić information content (AvgIpc) is 3.23. The van der Waals surface area contributed by atoms with E-state index in [1.165, 1.54) is 6.92 Å². The summed E-state index contributed by atoms with van der Waals surface area (Å²) in [6.07, 6.45) is 0.0838. The van der Waals surface area contributed by atoms with Crippen molar-refractivity contribution in [2.45, 2.75) is 56.8 Å².